The molecule has 0 saturated carbocycles. The van der Waals surface area contributed by atoms with E-state index in [0.29, 0.717) is 0 Å². The molecule has 1 heteroatoms. The molecule has 1 nitrogen and oxygen atoms in total. The number of benzene rings is 2. The van der Waals surface area contributed by atoms with E-state index in [4.69, 9.17) is 0 Å². The highest BCUT2D eigenvalue weighted by Gasteiger charge is 1.98. The molecule has 0 amide bonds. The zero-order chi connectivity index (χ0) is 17.5. The van der Waals surface area contributed by atoms with Gasteiger partial charge in [0.1, 0.15) is 0 Å². The monoisotopic (exact) mass is 321 g/mol. The molecule has 0 radical (unpaired) electrons. The van der Waals surface area contributed by atoms with Gasteiger partial charge >= 0.3 is 0 Å². The second kappa shape index (κ2) is 13.3. The minimum absolute atomic E-state index is 1.07. The molecule has 0 unspecified atom stereocenters. The summed E-state index contributed by atoms with van der Waals surface area (Å²) in [6, 6.07) is 20.5. The van der Waals surface area contributed by atoms with Crippen LogP contribution < -0.4 is 0 Å². The molecular formula is C23H31N. The van der Waals surface area contributed by atoms with Crippen molar-refractivity contribution in [3.8, 4) is 0 Å². The molecule has 0 aliphatic rings. The first-order chi connectivity index (χ1) is 11.8. The molecule has 2 rings (SSSR count). The van der Waals surface area contributed by atoms with Gasteiger partial charge in [0, 0.05) is 6.54 Å². The lowest BCUT2D eigenvalue weighted by Crippen LogP contribution is -2.25. The van der Waals surface area contributed by atoms with Gasteiger partial charge < -0.3 is 0 Å². The third-order valence-electron chi connectivity index (χ3n) is 3.59. The molecule has 128 valence electrons. The topological polar surface area (TPSA) is 3.24 Å². The molecule has 2 aromatic carbocycles. The summed E-state index contributed by atoms with van der Waals surface area (Å²) in [5, 5.41) is 0. The smallest absolute Gasteiger partial charge is 0.0166 e. The molecule has 0 aliphatic carbocycles. The summed E-state index contributed by atoms with van der Waals surface area (Å²) >= 11 is 0. The fourth-order valence-electron chi connectivity index (χ4n) is 2.42. The van der Waals surface area contributed by atoms with Crippen LogP contribution in [0.3, 0.4) is 0 Å². The quantitative estimate of drug-likeness (QED) is 0.563. The van der Waals surface area contributed by atoms with Gasteiger partial charge in [-0.15, -0.1) is 0 Å². The van der Waals surface area contributed by atoms with Gasteiger partial charge in [0.25, 0.3) is 0 Å². The first-order valence-electron chi connectivity index (χ1n) is 8.91. The van der Waals surface area contributed by atoms with Gasteiger partial charge in [-0.2, -0.15) is 0 Å². The van der Waals surface area contributed by atoms with E-state index in [1.807, 2.05) is 36.4 Å². The Morgan fingerprint density at radius 2 is 1.29 bits per heavy atom. The number of hydrogen-bond donors (Lipinski definition) is 0. The van der Waals surface area contributed by atoms with Gasteiger partial charge in [-0.25, -0.2) is 0 Å². The lowest BCUT2D eigenvalue weighted by atomic mass is 10.2. The second-order valence-electron chi connectivity index (χ2n) is 5.73. The third kappa shape index (κ3) is 9.12. The van der Waals surface area contributed by atoms with Crippen molar-refractivity contribution in [1.29, 1.82) is 0 Å². The van der Waals surface area contributed by atoms with E-state index in [9.17, 15) is 0 Å². The molecule has 2 aromatic rings. The maximum Gasteiger partial charge on any atom is 0.0166 e. The van der Waals surface area contributed by atoms with E-state index >= 15 is 0 Å². The Bertz CT molecular complexity index is 551. The summed E-state index contributed by atoms with van der Waals surface area (Å²) in [5.41, 5.74) is 2.46. The van der Waals surface area contributed by atoms with Crippen molar-refractivity contribution in [1.82, 2.24) is 4.90 Å². The maximum atomic E-state index is 3.63. The largest absolute Gasteiger partial charge is 0.300 e. The summed E-state index contributed by atoms with van der Waals surface area (Å²) in [6.45, 7) is 11.6. The average Bonchev–Trinajstić information content (AvgIpc) is 2.64. The molecule has 0 bridgehead atoms. The number of hydrogen-bond acceptors (Lipinski definition) is 1. The first kappa shape index (κ1) is 19.9. The van der Waals surface area contributed by atoms with Crippen molar-refractivity contribution in [3.05, 3.63) is 84.4 Å². The molecule has 0 spiro atoms. The zero-order valence-electron chi connectivity index (χ0n) is 15.2. The van der Waals surface area contributed by atoms with Crippen LogP contribution in [0.2, 0.25) is 0 Å². The summed E-state index contributed by atoms with van der Waals surface area (Å²) in [4.78, 5) is 2.50. The normalized spacial score (nSPS) is 10.5. The van der Waals surface area contributed by atoms with Crippen LogP contribution in [0.15, 0.2) is 73.3 Å². The van der Waals surface area contributed by atoms with Crippen molar-refractivity contribution >= 4 is 12.2 Å². The minimum Gasteiger partial charge on any atom is -0.300 e. The van der Waals surface area contributed by atoms with Gasteiger partial charge in [0.05, 0.1) is 0 Å². The van der Waals surface area contributed by atoms with Crippen LogP contribution in [0, 0.1) is 0 Å². The Labute approximate surface area is 148 Å². The van der Waals surface area contributed by atoms with Gasteiger partial charge in [-0.05, 0) is 37.1 Å². The van der Waals surface area contributed by atoms with Gasteiger partial charge in [-0.1, -0.05) is 99.3 Å². The van der Waals surface area contributed by atoms with Crippen molar-refractivity contribution in [2.45, 2.75) is 26.7 Å². The fourth-order valence-corrected chi connectivity index (χ4v) is 2.42. The van der Waals surface area contributed by atoms with Crippen molar-refractivity contribution in [2.24, 2.45) is 0 Å². The number of rotatable bonds is 8. The molecule has 24 heavy (non-hydrogen) atoms. The highest BCUT2D eigenvalue weighted by molar-refractivity contribution is 5.48. The van der Waals surface area contributed by atoms with E-state index in [1.165, 1.54) is 37.1 Å². The van der Waals surface area contributed by atoms with Crippen LogP contribution in [0.4, 0.5) is 0 Å². The van der Waals surface area contributed by atoms with Crippen LogP contribution in [0.5, 0.6) is 0 Å². The molecule has 0 saturated heterocycles. The zero-order valence-corrected chi connectivity index (χ0v) is 15.2. The highest BCUT2D eigenvalue weighted by atomic mass is 15.1. The summed E-state index contributed by atoms with van der Waals surface area (Å²) < 4.78 is 0. The molecule has 0 fully saturated rings. The molecule has 0 heterocycles. The van der Waals surface area contributed by atoms with Crippen LogP contribution in [-0.4, -0.2) is 24.5 Å². The van der Waals surface area contributed by atoms with Crippen LogP contribution in [0.1, 0.15) is 37.8 Å². The Morgan fingerprint density at radius 1 is 0.792 bits per heavy atom. The van der Waals surface area contributed by atoms with Crippen molar-refractivity contribution in [2.75, 3.05) is 19.6 Å². The summed E-state index contributed by atoms with van der Waals surface area (Å²) in [6.07, 6.45) is 8.78. The van der Waals surface area contributed by atoms with E-state index < -0.39 is 0 Å². The fraction of sp³-hybridized carbons (Fsp3) is 0.304. The molecule has 0 N–H and O–H groups in total. The first-order valence-corrected chi connectivity index (χ1v) is 8.91. The van der Waals surface area contributed by atoms with Gasteiger partial charge in [0.15, 0.2) is 0 Å². The van der Waals surface area contributed by atoms with Crippen molar-refractivity contribution in [3.63, 3.8) is 0 Å². The number of nitrogens with zero attached hydrogens (tertiary/aromatic N) is 1. The van der Waals surface area contributed by atoms with Crippen LogP contribution in [0.25, 0.3) is 12.2 Å². The predicted octanol–water partition coefficient (Wildman–Crippen LogP) is 6.15. The maximum absolute atomic E-state index is 3.63. The van der Waals surface area contributed by atoms with Gasteiger partial charge in [-0.3, -0.25) is 4.90 Å². The van der Waals surface area contributed by atoms with E-state index in [1.54, 1.807) is 0 Å². The van der Waals surface area contributed by atoms with Crippen LogP contribution in [-0.2, 0) is 0 Å². The molecule has 0 atom stereocenters. The second-order valence-corrected chi connectivity index (χ2v) is 5.73. The summed E-state index contributed by atoms with van der Waals surface area (Å²) in [5.74, 6) is 0. The highest BCUT2D eigenvalue weighted by Crippen LogP contribution is 2.02. The SMILES string of the molecule is C=Cc1ccccc1.CCCN(CC=Cc1ccccc1)CCC. The van der Waals surface area contributed by atoms with Crippen molar-refractivity contribution < 1.29 is 0 Å². The standard InChI is InChI=1S/C15H23N.C8H8/c1-3-12-16(13-4-2)14-8-11-15-9-6-5-7-10-15;1-2-8-6-4-3-5-7-8/h5-11H,3-4,12-14H2,1-2H3;2-7H,1H2. The Balaban J connectivity index is 0.000000300. The molecule has 0 aliphatic heterocycles. The predicted molar refractivity (Wildman–Crippen MR) is 109 cm³/mol. The van der Waals surface area contributed by atoms with Gasteiger partial charge in [0.2, 0.25) is 0 Å². The average molecular weight is 322 g/mol. The Hall–Kier alpha value is -2.12. The van der Waals surface area contributed by atoms with E-state index in [0.717, 1.165) is 6.54 Å². The third-order valence-corrected chi connectivity index (χ3v) is 3.59. The minimum atomic E-state index is 1.07. The van der Waals surface area contributed by atoms with E-state index in [-0.39, 0.29) is 0 Å². The Kier molecular flexibility index (Phi) is 11.1. The van der Waals surface area contributed by atoms with E-state index in [2.05, 4.69) is 67.8 Å². The Morgan fingerprint density at radius 3 is 1.71 bits per heavy atom. The van der Waals surface area contributed by atoms with Crippen LogP contribution >= 0.6 is 0 Å². The lowest BCUT2D eigenvalue weighted by molar-refractivity contribution is 0.304. The molecule has 0 aromatic heterocycles. The lowest BCUT2D eigenvalue weighted by Gasteiger charge is -2.18. The summed E-state index contributed by atoms with van der Waals surface area (Å²) in [7, 11) is 0. The molecular weight excluding hydrogens is 290 g/mol.